The summed E-state index contributed by atoms with van der Waals surface area (Å²) in [5.41, 5.74) is 2.16. The molecular formula is C19H16FN3O2. The zero-order valence-corrected chi connectivity index (χ0v) is 13.5. The Morgan fingerprint density at radius 1 is 1.12 bits per heavy atom. The molecule has 25 heavy (non-hydrogen) atoms. The molecule has 0 aliphatic carbocycles. The van der Waals surface area contributed by atoms with Gasteiger partial charge in [-0.15, -0.1) is 0 Å². The first-order chi connectivity index (χ1) is 12.1. The van der Waals surface area contributed by atoms with Crippen LogP contribution < -0.4 is 5.32 Å². The highest BCUT2D eigenvalue weighted by Crippen LogP contribution is 2.33. The van der Waals surface area contributed by atoms with Gasteiger partial charge < -0.3 is 5.32 Å². The van der Waals surface area contributed by atoms with Gasteiger partial charge in [0.1, 0.15) is 5.69 Å². The average Bonchev–Trinajstić information content (AvgIpc) is 2.60. The number of aryl methyl sites for hydroxylation is 1. The third-order valence-corrected chi connectivity index (χ3v) is 3.83. The minimum Gasteiger partial charge on any atom is -0.367 e. The molecule has 3 aromatic rings. The van der Waals surface area contributed by atoms with Gasteiger partial charge in [-0.05, 0) is 36.8 Å². The SMILES string of the molecule is Cc1cccc(C(Nc2cccc(F)c2[N+](=O)[O-])c2ccccn2)c1. The molecule has 0 aliphatic heterocycles. The molecule has 0 radical (unpaired) electrons. The fraction of sp³-hybridized carbons (Fsp3) is 0.105. The summed E-state index contributed by atoms with van der Waals surface area (Å²) in [7, 11) is 0. The van der Waals surface area contributed by atoms with Crippen molar-refractivity contribution in [3.8, 4) is 0 Å². The minimum atomic E-state index is -0.876. The third-order valence-electron chi connectivity index (χ3n) is 3.83. The van der Waals surface area contributed by atoms with Crippen molar-refractivity contribution in [3.63, 3.8) is 0 Å². The van der Waals surface area contributed by atoms with Gasteiger partial charge in [-0.2, -0.15) is 4.39 Å². The molecule has 5 nitrogen and oxygen atoms in total. The number of benzene rings is 2. The lowest BCUT2D eigenvalue weighted by molar-refractivity contribution is -0.386. The van der Waals surface area contributed by atoms with Crippen molar-refractivity contribution in [2.45, 2.75) is 13.0 Å². The van der Waals surface area contributed by atoms with Gasteiger partial charge in [0, 0.05) is 6.20 Å². The van der Waals surface area contributed by atoms with Crippen LogP contribution in [0.5, 0.6) is 0 Å². The first-order valence-corrected chi connectivity index (χ1v) is 7.73. The maximum absolute atomic E-state index is 13.9. The quantitative estimate of drug-likeness (QED) is 0.544. The van der Waals surface area contributed by atoms with Crippen LogP contribution in [0.2, 0.25) is 0 Å². The fourth-order valence-electron chi connectivity index (χ4n) is 2.70. The second kappa shape index (κ2) is 7.09. The summed E-state index contributed by atoms with van der Waals surface area (Å²) >= 11 is 0. The van der Waals surface area contributed by atoms with E-state index in [4.69, 9.17) is 0 Å². The predicted molar refractivity (Wildman–Crippen MR) is 93.9 cm³/mol. The number of anilines is 1. The van der Waals surface area contributed by atoms with Crippen LogP contribution in [-0.4, -0.2) is 9.91 Å². The van der Waals surface area contributed by atoms with Gasteiger partial charge >= 0.3 is 5.69 Å². The number of nitro groups is 1. The first kappa shape index (κ1) is 16.6. The van der Waals surface area contributed by atoms with Crippen LogP contribution in [0, 0.1) is 22.9 Å². The van der Waals surface area contributed by atoms with Gasteiger partial charge in [0.05, 0.1) is 16.7 Å². The van der Waals surface area contributed by atoms with Crippen molar-refractivity contribution in [1.29, 1.82) is 0 Å². The number of pyridine rings is 1. The minimum absolute atomic E-state index is 0.113. The van der Waals surface area contributed by atoms with Gasteiger partial charge in [0.25, 0.3) is 0 Å². The zero-order chi connectivity index (χ0) is 17.8. The second-order valence-corrected chi connectivity index (χ2v) is 5.64. The Balaban J connectivity index is 2.08. The molecule has 1 N–H and O–H groups in total. The van der Waals surface area contributed by atoms with E-state index in [1.807, 2.05) is 43.3 Å². The van der Waals surface area contributed by atoms with E-state index in [2.05, 4.69) is 10.3 Å². The largest absolute Gasteiger partial charge is 0.367 e. The van der Waals surface area contributed by atoms with Crippen LogP contribution in [0.1, 0.15) is 22.9 Å². The van der Waals surface area contributed by atoms with E-state index in [1.165, 1.54) is 12.1 Å². The van der Waals surface area contributed by atoms with Crippen LogP contribution in [0.25, 0.3) is 0 Å². The lowest BCUT2D eigenvalue weighted by atomic mass is 10.0. The van der Waals surface area contributed by atoms with Gasteiger partial charge in [-0.1, -0.05) is 42.0 Å². The summed E-state index contributed by atoms with van der Waals surface area (Å²) in [5, 5.41) is 14.3. The lowest BCUT2D eigenvalue weighted by Gasteiger charge is -2.20. The van der Waals surface area contributed by atoms with E-state index in [0.717, 1.165) is 17.2 Å². The van der Waals surface area contributed by atoms with Crippen LogP contribution in [-0.2, 0) is 0 Å². The molecule has 0 spiro atoms. The zero-order valence-electron chi connectivity index (χ0n) is 13.5. The first-order valence-electron chi connectivity index (χ1n) is 7.73. The molecule has 3 rings (SSSR count). The topological polar surface area (TPSA) is 68.1 Å². The molecule has 1 unspecified atom stereocenters. The number of para-hydroxylation sites is 1. The number of hydrogen-bond acceptors (Lipinski definition) is 4. The summed E-state index contributed by atoms with van der Waals surface area (Å²) in [4.78, 5) is 14.9. The summed E-state index contributed by atoms with van der Waals surface area (Å²) in [6, 6.07) is 16.8. The number of nitrogens with zero attached hydrogens (tertiary/aromatic N) is 2. The monoisotopic (exact) mass is 337 g/mol. The second-order valence-electron chi connectivity index (χ2n) is 5.64. The number of nitrogens with one attached hydrogen (secondary N) is 1. The molecule has 0 bridgehead atoms. The van der Waals surface area contributed by atoms with E-state index in [9.17, 15) is 14.5 Å². The third kappa shape index (κ3) is 3.63. The number of aromatic nitrogens is 1. The van der Waals surface area contributed by atoms with E-state index >= 15 is 0 Å². The molecule has 126 valence electrons. The molecule has 0 saturated carbocycles. The van der Waals surface area contributed by atoms with Crippen molar-refractivity contribution in [2.75, 3.05) is 5.32 Å². The highest BCUT2D eigenvalue weighted by Gasteiger charge is 2.24. The van der Waals surface area contributed by atoms with Gasteiger partial charge in [-0.25, -0.2) is 0 Å². The maximum atomic E-state index is 13.9. The maximum Gasteiger partial charge on any atom is 0.327 e. The van der Waals surface area contributed by atoms with Crippen LogP contribution in [0.3, 0.4) is 0 Å². The Morgan fingerprint density at radius 2 is 1.92 bits per heavy atom. The Morgan fingerprint density at radius 3 is 2.60 bits per heavy atom. The van der Waals surface area contributed by atoms with Crippen molar-refractivity contribution >= 4 is 11.4 Å². The number of nitro benzene ring substituents is 1. The van der Waals surface area contributed by atoms with Crippen LogP contribution >= 0.6 is 0 Å². The van der Waals surface area contributed by atoms with Crippen molar-refractivity contribution in [2.24, 2.45) is 0 Å². The smallest absolute Gasteiger partial charge is 0.327 e. The molecule has 0 saturated heterocycles. The summed E-state index contributed by atoms with van der Waals surface area (Å²) < 4.78 is 13.9. The van der Waals surface area contributed by atoms with Gasteiger partial charge in [0.15, 0.2) is 0 Å². The summed E-state index contributed by atoms with van der Waals surface area (Å²) in [6.45, 7) is 1.96. The van der Waals surface area contributed by atoms with Gasteiger partial charge in [-0.3, -0.25) is 15.1 Å². The molecule has 1 aromatic heterocycles. The molecule has 0 aliphatic rings. The predicted octanol–water partition coefficient (Wildman–Crippen LogP) is 4.64. The molecule has 0 amide bonds. The Hall–Kier alpha value is -3.28. The van der Waals surface area contributed by atoms with E-state index in [-0.39, 0.29) is 5.69 Å². The van der Waals surface area contributed by atoms with E-state index in [0.29, 0.717) is 5.69 Å². The standard InChI is InChI=1S/C19H16FN3O2/c1-13-6-4-7-14(12-13)18(16-9-2-3-11-21-16)22-17-10-5-8-15(20)19(17)23(24)25/h2-12,18,22H,1H3. The van der Waals surface area contributed by atoms with Gasteiger partial charge in [0.2, 0.25) is 5.82 Å². The Kier molecular flexibility index (Phi) is 4.70. The summed E-state index contributed by atoms with van der Waals surface area (Å²) in [6.07, 6.45) is 1.65. The van der Waals surface area contributed by atoms with Crippen molar-refractivity contribution in [3.05, 3.63) is 99.6 Å². The molecule has 2 aromatic carbocycles. The highest BCUT2D eigenvalue weighted by atomic mass is 19.1. The Labute approximate surface area is 144 Å². The Bertz CT molecular complexity index is 900. The normalized spacial score (nSPS) is 11.8. The molecular weight excluding hydrogens is 321 g/mol. The van der Waals surface area contributed by atoms with Crippen molar-refractivity contribution < 1.29 is 9.31 Å². The number of hydrogen-bond donors (Lipinski definition) is 1. The highest BCUT2D eigenvalue weighted by molar-refractivity contribution is 5.63. The van der Waals surface area contributed by atoms with Crippen LogP contribution in [0.15, 0.2) is 66.9 Å². The average molecular weight is 337 g/mol. The van der Waals surface area contributed by atoms with E-state index < -0.39 is 22.5 Å². The number of halogens is 1. The van der Waals surface area contributed by atoms with Crippen LogP contribution in [0.4, 0.5) is 15.8 Å². The molecule has 1 heterocycles. The molecule has 1 atom stereocenters. The number of rotatable bonds is 5. The fourth-order valence-corrected chi connectivity index (χ4v) is 2.70. The molecule has 6 heteroatoms. The lowest BCUT2D eigenvalue weighted by Crippen LogP contribution is -2.15. The summed E-state index contributed by atoms with van der Waals surface area (Å²) in [5.74, 6) is -0.876. The van der Waals surface area contributed by atoms with E-state index in [1.54, 1.807) is 12.3 Å². The van der Waals surface area contributed by atoms with Crippen molar-refractivity contribution in [1.82, 2.24) is 4.98 Å². The molecule has 0 fully saturated rings.